The molecular weight excluding hydrogens is 584 g/mol. The van der Waals surface area contributed by atoms with E-state index >= 15 is 0 Å². The molecule has 44 heavy (non-hydrogen) atoms. The molecular formula is C30H36O14. The van der Waals surface area contributed by atoms with Gasteiger partial charge < -0.3 is 59.4 Å². The minimum absolute atomic E-state index is 0.0327. The SMILES string of the molecule is O=C(OCCCCO[C@@H]1O[C@H](CO[C@H]2O[C@H](CO)[C@@H](O)[C@H](O)[C@H]2O)[C@@H](O)[C@H](O)[C@H]1O)c1cccc2c1-c1ccccc1C2=O. The number of hydrogen-bond donors (Lipinski definition) is 7. The minimum Gasteiger partial charge on any atom is -0.462 e. The first-order valence-corrected chi connectivity index (χ1v) is 14.3. The minimum atomic E-state index is -1.67. The lowest BCUT2D eigenvalue weighted by molar-refractivity contribution is -0.331. The van der Waals surface area contributed by atoms with Crippen LogP contribution in [0.15, 0.2) is 42.5 Å². The van der Waals surface area contributed by atoms with Crippen molar-refractivity contribution in [3.05, 3.63) is 59.2 Å². The topological polar surface area (TPSA) is 222 Å². The van der Waals surface area contributed by atoms with Crippen molar-refractivity contribution in [2.75, 3.05) is 26.4 Å². The van der Waals surface area contributed by atoms with E-state index in [0.717, 1.165) is 0 Å². The van der Waals surface area contributed by atoms with E-state index in [0.29, 0.717) is 40.7 Å². The van der Waals surface area contributed by atoms with Crippen molar-refractivity contribution >= 4 is 11.8 Å². The summed E-state index contributed by atoms with van der Waals surface area (Å²) >= 11 is 0. The molecule has 0 saturated carbocycles. The number of aliphatic hydroxyl groups is 7. The third-order valence-electron chi connectivity index (χ3n) is 7.97. The van der Waals surface area contributed by atoms with Crippen LogP contribution in [0.25, 0.3) is 11.1 Å². The molecule has 0 bridgehead atoms. The quantitative estimate of drug-likeness (QED) is 0.0956. The van der Waals surface area contributed by atoms with Crippen molar-refractivity contribution in [2.24, 2.45) is 0 Å². The van der Waals surface area contributed by atoms with Gasteiger partial charge >= 0.3 is 5.97 Å². The van der Waals surface area contributed by atoms with Crippen molar-refractivity contribution in [3.8, 4) is 11.1 Å². The second-order valence-corrected chi connectivity index (χ2v) is 10.9. The predicted molar refractivity (Wildman–Crippen MR) is 147 cm³/mol. The Bertz CT molecular complexity index is 1320. The summed E-state index contributed by atoms with van der Waals surface area (Å²) in [6.45, 7) is -1.04. The van der Waals surface area contributed by atoms with Crippen LogP contribution >= 0.6 is 0 Å². The molecule has 3 aliphatic rings. The zero-order valence-corrected chi connectivity index (χ0v) is 23.5. The van der Waals surface area contributed by atoms with Gasteiger partial charge in [0.05, 0.1) is 25.4 Å². The van der Waals surface area contributed by atoms with Crippen LogP contribution in [0.1, 0.15) is 39.1 Å². The zero-order chi connectivity index (χ0) is 31.5. The summed E-state index contributed by atoms with van der Waals surface area (Å²) in [6, 6.07) is 12.0. The first-order chi connectivity index (χ1) is 21.1. The maximum atomic E-state index is 12.9. The van der Waals surface area contributed by atoms with Gasteiger partial charge in [0, 0.05) is 23.3 Å². The number of hydrogen-bond acceptors (Lipinski definition) is 14. The second-order valence-electron chi connectivity index (χ2n) is 10.9. The average molecular weight is 621 g/mol. The third kappa shape index (κ3) is 6.42. The number of fused-ring (bicyclic) bond motifs is 3. The van der Waals surface area contributed by atoms with Crippen LogP contribution in [0.5, 0.6) is 0 Å². The van der Waals surface area contributed by atoms with Gasteiger partial charge in [0.25, 0.3) is 0 Å². The first-order valence-electron chi connectivity index (χ1n) is 14.3. The molecule has 14 nitrogen and oxygen atoms in total. The molecule has 14 heteroatoms. The zero-order valence-electron chi connectivity index (χ0n) is 23.5. The summed E-state index contributed by atoms with van der Waals surface area (Å²) in [5.74, 6) is -0.715. The Hall–Kier alpha value is -2.86. The van der Waals surface area contributed by atoms with Gasteiger partial charge in [0.2, 0.25) is 0 Å². The Kier molecular flexibility index (Phi) is 10.4. The van der Waals surface area contributed by atoms with Crippen LogP contribution in [0, 0.1) is 0 Å². The summed E-state index contributed by atoms with van der Waals surface area (Å²) in [6.07, 6.45) is -14.3. The van der Waals surface area contributed by atoms with Gasteiger partial charge in [0.1, 0.15) is 48.8 Å². The van der Waals surface area contributed by atoms with E-state index in [2.05, 4.69) is 0 Å². The lowest BCUT2D eigenvalue weighted by Crippen LogP contribution is -2.61. The summed E-state index contributed by atoms with van der Waals surface area (Å²) in [5, 5.41) is 70.3. The van der Waals surface area contributed by atoms with Crippen LogP contribution in [-0.2, 0) is 23.7 Å². The fraction of sp³-hybridized carbons (Fsp3) is 0.533. The molecule has 0 radical (unpaired) electrons. The highest BCUT2D eigenvalue weighted by molar-refractivity contribution is 6.24. The second kappa shape index (κ2) is 14.1. The third-order valence-corrected chi connectivity index (χ3v) is 7.97. The Labute approximate surface area is 251 Å². The summed E-state index contributed by atoms with van der Waals surface area (Å²) in [7, 11) is 0. The van der Waals surface area contributed by atoms with E-state index in [4.69, 9.17) is 23.7 Å². The number of aliphatic hydroxyl groups excluding tert-OH is 7. The fourth-order valence-electron chi connectivity index (χ4n) is 5.48. The molecule has 2 saturated heterocycles. The number of carbonyl (C=O) groups is 2. The van der Waals surface area contributed by atoms with Gasteiger partial charge in [-0.05, 0) is 24.5 Å². The van der Waals surface area contributed by atoms with E-state index < -0.39 is 80.6 Å². The normalized spacial score (nSPS) is 33.1. The summed E-state index contributed by atoms with van der Waals surface area (Å²) in [4.78, 5) is 25.6. The van der Waals surface area contributed by atoms with E-state index in [-0.39, 0.29) is 19.0 Å². The molecule has 0 spiro atoms. The van der Waals surface area contributed by atoms with E-state index in [1.807, 2.05) is 0 Å². The van der Waals surface area contributed by atoms with Gasteiger partial charge in [-0.25, -0.2) is 4.79 Å². The number of carbonyl (C=O) groups excluding carboxylic acids is 2. The Morgan fingerprint density at radius 1 is 0.682 bits per heavy atom. The standard InChI is InChI=1S/C30H36O14/c31-12-18-22(33)24(35)27(38)30(43-18)42-13-19-23(34)25(36)26(37)29(44-19)41-11-4-3-10-40-28(39)17-9-5-8-16-20(17)14-6-1-2-7-15(14)21(16)32/h1-2,5-9,18-19,22-27,29-31,33-38H,3-4,10-13H2/t18-,19-,22-,23-,24+,25+,26-,27-,29-,30+/m1/s1. The fourth-order valence-corrected chi connectivity index (χ4v) is 5.48. The van der Waals surface area contributed by atoms with Crippen molar-refractivity contribution in [3.63, 3.8) is 0 Å². The summed E-state index contributed by atoms with van der Waals surface area (Å²) in [5.41, 5.74) is 2.51. The number of ether oxygens (including phenoxy) is 5. The predicted octanol–water partition coefficient (Wildman–Crippen LogP) is -1.52. The van der Waals surface area contributed by atoms with Crippen molar-refractivity contribution in [1.82, 2.24) is 0 Å². The first kappa shape index (κ1) is 32.5. The molecule has 240 valence electrons. The number of rotatable bonds is 11. The van der Waals surface area contributed by atoms with Crippen molar-refractivity contribution in [2.45, 2.75) is 74.3 Å². The molecule has 2 aromatic carbocycles. The smallest absolute Gasteiger partial charge is 0.338 e. The van der Waals surface area contributed by atoms with Crippen LogP contribution in [-0.4, -0.2) is 135 Å². The van der Waals surface area contributed by atoms with Crippen LogP contribution < -0.4 is 0 Å². The van der Waals surface area contributed by atoms with Gasteiger partial charge in [-0.1, -0.05) is 36.4 Å². The Balaban J connectivity index is 1.08. The van der Waals surface area contributed by atoms with Crippen molar-refractivity contribution in [1.29, 1.82) is 0 Å². The molecule has 2 aliphatic heterocycles. The molecule has 0 aromatic heterocycles. The molecule has 1 aliphatic carbocycles. The van der Waals surface area contributed by atoms with Crippen LogP contribution in [0.2, 0.25) is 0 Å². The largest absolute Gasteiger partial charge is 0.462 e. The van der Waals surface area contributed by atoms with Gasteiger partial charge in [-0.15, -0.1) is 0 Å². The molecule has 0 amide bonds. The number of ketones is 1. The highest BCUT2D eigenvalue weighted by Gasteiger charge is 2.47. The lowest BCUT2D eigenvalue weighted by Gasteiger charge is -2.42. The van der Waals surface area contributed by atoms with E-state index in [1.165, 1.54) is 0 Å². The molecule has 7 N–H and O–H groups in total. The molecule has 0 unspecified atom stereocenters. The number of unbranched alkanes of at least 4 members (excludes halogenated alkanes) is 1. The summed E-state index contributed by atoms with van der Waals surface area (Å²) < 4.78 is 27.2. The van der Waals surface area contributed by atoms with Gasteiger partial charge in [0.15, 0.2) is 18.4 Å². The Morgan fingerprint density at radius 3 is 1.98 bits per heavy atom. The number of benzene rings is 2. The van der Waals surface area contributed by atoms with Crippen LogP contribution in [0.4, 0.5) is 0 Å². The lowest BCUT2D eigenvalue weighted by atomic mass is 9.98. The highest BCUT2D eigenvalue weighted by Crippen LogP contribution is 2.39. The average Bonchev–Trinajstić information content (AvgIpc) is 3.33. The maximum Gasteiger partial charge on any atom is 0.338 e. The molecule has 2 aromatic rings. The van der Waals surface area contributed by atoms with Gasteiger partial charge in [-0.3, -0.25) is 4.79 Å². The monoisotopic (exact) mass is 620 g/mol. The highest BCUT2D eigenvalue weighted by atomic mass is 16.7. The molecule has 2 heterocycles. The van der Waals surface area contributed by atoms with Crippen LogP contribution in [0.3, 0.4) is 0 Å². The molecule has 2 fully saturated rings. The van der Waals surface area contributed by atoms with Gasteiger partial charge in [-0.2, -0.15) is 0 Å². The number of esters is 1. The van der Waals surface area contributed by atoms with Crippen molar-refractivity contribution < 1.29 is 69.0 Å². The Morgan fingerprint density at radius 2 is 1.27 bits per heavy atom. The molecule has 10 atom stereocenters. The maximum absolute atomic E-state index is 12.9. The van der Waals surface area contributed by atoms with E-state index in [9.17, 15) is 45.3 Å². The molecule has 5 rings (SSSR count). The van der Waals surface area contributed by atoms with E-state index in [1.54, 1.807) is 42.5 Å².